The van der Waals surface area contributed by atoms with Crippen molar-refractivity contribution < 1.29 is 28.2 Å². The Balaban J connectivity index is 0.000000207. The second kappa shape index (κ2) is 13.5. The number of aromatic nitrogens is 1. The molecular weight excluding hydrogens is 468 g/mol. The lowest BCUT2D eigenvalue weighted by molar-refractivity contribution is -0.0639. The van der Waals surface area contributed by atoms with Crippen LogP contribution in [0.25, 0.3) is 0 Å². The summed E-state index contributed by atoms with van der Waals surface area (Å²) in [6.45, 7) is 7.15. The molecule has 36 heavy (non-hydrogen) atoms. The first-order valence-corrected chi connectivity index (χ1v) is 13.5. The Hall–Kier alpha value is -2.00. The van der Waals surface area contributed by atoms with E-state index in [0.717, 1.165) is 32.6 Å². The molecule has 3 heterocycles. The molecule has 2 saturated heterocycles. The van der Waals surface area contributed by atoms with Crippen molar-refractivity contribution in [3.05, 3.63) is 17.8 Å². The van der Waals surface area contributed by atoms with Crippen LogP contribution in [0.5, 0.6) is 5.88 Å². The molecule has 1 aromatic heterocycles. The number of nitrogens with zero attached hydrogens (tertiary/aromatic N) is 2. The maximum atomic E-state index is 12.9. The zero-order chi connectivity index (χ0) is 26.0. The minimum Gasteiger partial charge on any atom is -0.477 e. The highest BCUT2D eigenvalue weighted by Gasteiger charge is 2.45. The Morgan fingerprint density at radius 3 is 2.31 bits per heavy atom. The third-order valence-corrected chi connectivity index (χ3v) is 6.82. The van der Waals surface area contributed by atoms with Crippen LogP contribution in [-0.4, -0.2) is 67.0 Å². The van der Waals surface area contributed by atoms with Gasteiger partial charge in [-0.3, -0.25) is 0 Å². The lowest BCUT2D eigenvalue weighted by Crippen LogP contribution is -2.58. The summed E-state index contributed by atoms with van der Waals surface area (Å²) >= 11 is 0. The molecule has 1 saturated carbocycles. The van der Waals surface area contributed by atoms with Gasteiger partial charge in [-0.25, -0.2) is 18.6 Å². The van der Waals surface area contributed by atoms with Gasteiger partial charge >= 0.3 is 5.97 Å². The van der Waals surface area contributed by atoms with E-state index in [1.54, 1.807) is 0 Å². The van der Waals surface area contributed by atoms with E-state index >= 15 is 0 Å². The number of alkyl halides is 2. The summed E-state index contributed by atoms with van der Waals surface area (Å²) in [6, 6.07) is 2.78. The van der Waals surface area contributed by atoms with Crippen molar-refractivity contribution >= 4 is 11.7 Å². The van der Waals surface area contributed by atoms with Gasteiger partial charge in [-0.05, 0) is 50.8 Å². The van der Waals surface area contributed by atoms with E-state index in [1.807, 2.05) is 0 Å². The summed E-state index contributed by atoms with van der Waals surface area (Å²) in [5.41, 5.74) is 0.578. The van der Waals surface area contributed by atoms with E-state index in [-0.39, 0.29) is 24.7 Å². The van der Waals surface area contributed by atoms with Gasteiger partial charge in [0.05, 0.1) is 38.4 Å². The Morgan fingerprint density at radius 2 is 1.78 bits per heavy atom. The summed E-state index contributed by atoms with van der Waals surface area (Å²) < 4.78 is 36.6. The number of ether oxygens (including phenoxy) is 2. The molecule has 0 unspecified atom stereocenters. The van der Waals surface area contributed by atoms with Crippen LogP contribution >= 0.6 is 0 Å². The van der Waals surface area contributed by atoms with Crippen LogP contribution in [0.3, 0.4) is 0 Å². The van der Waals surface area contributed by atoms with Crippen molar-refractivity contribution in [2.24, 2.45) is 5.92 Å². The van der Waals surface area contributed by atoms with Gasteiger partial charge < -0.3 is 24.8 Å². The van der Waals surface area contributed by atoms with Crippen LogP contribution in [0, 0.1) is 5.92 Å². The minimum atomic E-state index is -2.70. The first-order chi connectivity index (χ1) is 17.2. The van der Waals surface area contributed by atoms with Gasteiger partial charge in [0.1, 0.15) is 5.69 Å². The number of halogens is 2. The predicted octanol–water partition coefficient (Wildman–Crippen LogP) is 5.53. The molecule has 1 aromatic rings. The maximum absolute atomic E-state index is 12.9. The monoisotopic (exact) mass is 511 g/mol. The fourth-order valence-corrected chi connectivity index (χ4v) is 4.22. The number of carbonyl (C=O) groups is 1. The zero-order valence-electron chi connectivity index (χ0n) is 21.9. The maximum Gasteiger partial charge on any atom is 0.354 e. The summed E-state index contributed by atoms with van der Waals surface area (Å²) in [6.07, 6.45) is 13.4. The van der Waals surface area contributed by atoms with Crippen LogP contribution < -0.4 is 15.0 Å². The number of unbranched alkanes of at least 4 members (excludes halogenated alkanes) is 7. The number of pyridine rings is 1. The molecule has 4 rings (SSSR count). The summed E-state index contributed by atoms with van der Waals surface area (Å²) in [5, 5.41) is 12.5. The molecule has 7 nitrogen and oxygen atoms in total. The van der Waals surface area contributed by atoms with Crippen LogP contribution in [0.4, 0.5) is 14.5 Å². The first-order valence-electron chi connectivity index (χ1n) is 13.5. The van der Waals surface area contributed by atoms with Gasteiger partial charge in [-0.15, -0.1) is 0 Å². The quantitative estimate of drug-likeness (QED) is 0.300. The number of hydrogen-bond donors (Lipinski definition) is 2. The third kappa shape index (κ3) is 9.47. The molecule has 0 atom stereocenters. The number of anilines is 1. The van der Waals surface area contributed by atoms with Gasteiger partial charge in [0.2, 0.25) is 5.88 Å². The largest absolute Gasteiger partial charge is 0.477 e. The number of hydrogen-bond acceptors (Lipinski definition) is 6. The fourth-order valence-electron chi connectivity index (χ4n) is 4.22. The van der Waals surface area contributed by atoms with Crippen molar-refractivity contribution in [3.8, 4) is 5.88 Å². The number of aromatic carboxylic acids is 1. The average molecular weight is 512 g/mol. The SMILES string of the molecule is CCCCCCCCCCNC1(C)COC1.O=C(O)c1ccc(N2CC(F)(F)C2)c(OCC2CC2)n1. The van der Waals surface area contributed by atoms with Crippen LogP contribution in [0.2, 0.25) is 0 Å². The molecule has 1 aliphatic carbocycles. The van der Waals surface area contributed by atoms with Gasteiger partial charge in [0, 0.05) is 0 Å². The Labute approximate surface area is 213 Å². The highest BCUT2D eigenvalue weighted by molar-refractivity contribution is 5.86. The molecule has 3 fully saturated rings. The lowest BCUT2D eigenvalue weighted by atomic mass is 10.0. The standard InChI is InChI=1S/C14H29NO.C13H14F2N2O3/c1-3-4-5-6-7-8-9-10-11-15-14(2)12-16-13-14;14-13(15)6-17(7-13)10-4-3-9(12(18)19)16-11(10)20-5-8-1-2-8/h15H,3-13H2,1-2H3;3-4,8H,1-2,5-7H2,(H,18,19). The van der Waals surface area contributed by atoms with E-state index in [0.29, 0.717) is 23.8 Å². The summed E-state index contributed by atoms with van der Waals surface area (Å²) in [5.74, 6) is -3.26. The summed E-state index contributed by atoms with van der Waals surface area (Å²) in [7, 11) is 0. The molecule has 0 amide bonds. The Morgan fingerprint density at radius 1 is 1.14 bits per heavy atom. The second-order valence-corrected chi connectivity index (χ2v) is 10.7. The van der Waals surface area contributed by atoms with Crippen molar-refractivity contribution in [3.63, 3.8) is 0 Å². The molecule has 2 aliphatic heterocycles. The van der Waals surface area contributed by atoms with E-state index < -0.39 is 11.9 Å². The van der Waals surface area contributed by atoms with Gasteiger partial charge in [0.15, 0.2) is 5.69 Å². The molecule has 3 aliphatic rings. The van der Waals surface area contributed by atoms with Crippen molar-refractivity contribution in [1.82, 2.24) is 10.3 Å². The van der Waals surface area contributed by atoms with Crippen molar-refractivity contribution in [1.29, 1.82) is 0 Å². The summed E-state index contributed by atoms with van der Waals surface area (Å²) in [4.78, 5) is 16.3. The van der Waals surface area contributed by atoms with E-state index in [1.165, 1.54) is 68.4 Å². The van der Waals surface area contributed by atoms with E-state index in [2.05, 4.69) is 24.1 Å². The number of carboxylic acid groups (broad SMARTS) is 1. The number of carboxylic acids is 1. The zero-order valence-corrected chi connectivity index (χ0v) is 21.9. The minimum absolute atomic E-state index is 0.132. The fraction of sp³-hybridized carbons (Fsp3) is 0.778. The lowest BCUT2D eigenvalue weighted by Gasteiger charge is -2.40. The highest BCUT2D eigenvalue weighted by Crippen LogP contribution is 2.37. The third-order valence-electron chi connectivity index (χ3n) is 6.82. The molecule has 0 radical (unpaired) electrons. The number of nitrogens with one attached hydrogen (secondary N) is 1. The van der Waals surface area contributed by atoms with Crippen LogP contribution in [-0.2, 0) is 4.74 Å². The smallest absolute Gasteiger partial charge is 0.354 e. The molecule has 2 N–H and O–H groups in total. The average Bonchev–Trinajstić information content (AvgIpc) is 3.64. The Bertz CT molecular complexity index is 823. The molecule has 0 aromatic carbocycles. The molecule has 204 valence electrons. The van der Waals surface area contributed by atoms with Gasteiger partial charge in [-0.1, -0.05) is 51.9 Å². The van der Waals surface area contributed by atoms with Gasteiger partial charge in [0.25, 0.3) is 5.92 Å². The predicted molar refractivity (Wildman–Crippen MR) is 136 cm³/mol. The van der Waals surface area contributed by atoms with Crippen LogP contribution in [0.1, 0.15) is 88.5 Å². The van der Waals surface area contributed by atoms with Gasteiger partial charge in [-0.2, -0.15) is 0 Å². The van der Waals surface area contributed by atoms with Crippen molar-refractivity contribution in [2.45, 2.75) is 89.5 Å². The number of rotatable bonds is 15. The first kappa shape index (κ1) is 28.6. The second-order valence-electron chi connectivity index (χ2n) is 10.7. The molecule has 9 heteroatoms. The van der Waals surface area contributed by atoms with E-state index in [9.17, 15) is 13.6 Å². The van der Waals surface area contributed by atoms with E-state index in [4.69, 9.17) is 14.6 Å². The normalized spacial score (nSPS) is 19.5. The molecule has 0 bridgehead atoms. The highest BCUT2D eigenvalue weighted by atomic mass is 19.3. The molecular formula is C27H43F2N3O4. The van der Waals surface area contributed by atoms with Crippen molar-refractivity contribution in [2.75, 3.05) is 44.4 Å². The van der Waals surface area contributed by atoms with Crippen LogP contribution in [0.15, 0.2) is 12.1 Å². The topological polar surface area (TPSA) is 83.9 Å². The Kier molecular flexibility index (Phi) is 10.7. The molecule has 0 spiro atoms.